The van der Waals surface area contributed by atoms with Gasteiger partial charge in [-0.15, -0.1) is 0 Å². The third kappa shape index (κ3) is 3.54. The van der Waals surface area contributed by atoms with Crippen molar-refractivity contribution in [1.29, 1.82) is 5.26 Å². The smallest absolute Gasteiger partial charge is 0.254 e. The SMILES string of the molecule is C=CC(=O)N1CCN(C(=O)c2ccc(Cl)c(C#N)c2)C[C@H]1CC. The van der Waals surface area contributed by atoms with Crippen molar-refractivity contribution in [3.63, 3.8) is 0 Å². The van der Waals surface area contributed by atoms with Crippen LogP contribution in [0.4, 0.5) is 0 Å². The van der Waals surface area contributed by atoms with Gasteiger partial charge >= 0.3 is 0 Å². The minimum atomic E-state index is -0.151. The van der Waals surface area contributed by atoms with E-state index in [1.807, 2.05) is 13.0 Å². The Labute approximate surface area is 140 Å². The van der Waals surface area contributed by atoms with Gasteiger partial charge in [-0.2, -0.15) is 5.26 Å². The molecule has 0 saturated carbocycles. The third-order valence-electron chi connectivity index (χ3n) is 4.03. The van der Waals surface area contributed by atoms with Gasteiger partial charge in [0.2, 0.25) is 5.91 Å². The molecule has 1 saturated heterocycles. The molecule has 1 atom stereocenters. The van der Waals surface area contributed by atoms with E-state index in [0.717, 1.165) is 6.42 Å². The summed E-state index contributed by atoms with van der Waals surface area (Å²) in [6.45, 7) is 6.91. The van der Waals surface area contributed by atoms with Crippen molar-refractivity contribution in [2.75, 3.05) is 19.6 Å². The molecule has 1 aromatic rings. The second-order valence-electron chi connectivity index (χ2n) is 5.36. The van der Waals surface area contributed by atoms with Crippen LogP contribution < -0.4 is 0 Å². The molecule has 23 heavy (non-hydrogen) atoms. The van der Waals surface area contributed by atoms with Crippen LogP contribution in [-0.2, 0) is 4.79 Å². The van der Waals surface area contributed by atoms with E-state index in [9.17, 15) is 9.59 Å². The van der Waals surface area contributed by atoms with Crippen molar-refractivity contribution in [3.05, 3.63) is 47.0 Å². The fourth-order valence-corrected chi connectivity index (χ4v) is 2.88. The van der Waals surface area contributed by atoms with Crippen LogP contribution in [0.25, 0.3) is 0 Å². The molecule has 0 spiro atoms. The molecule has 1 aromatic carbocycles. The summed E-state index contributed by atoms with van der Waals surface area (Å²) in [4.78, 5) is 28.0. The average Bonchev–Trinajstić information content (AvgIpc) is 2.60. The summed E-state index contributed by atoms with van der Waals surface area (Å²) in [5.74, 6) is -0.260. The monoisotopic (exact) mass is 331 g/mol. The number of amides is 2. The number of benzene rings is 1. The Balaban J connectivity index is 2.17. The Morgan fingerprint density at radius 1 is 1.48 bits per heavy atom. The van der Waals surface area contributed by atoms with E-state index in [0.29, 0.717) is 30.2 Å². The van der Waals surface area contributed by atoms with E-state index in [4.69, 9.17) is 16.9 Å². The van der Waals surface area contributed by atoms with Crippen LogP contribution in [0.3, 0.4) is 0 Å². The molecule has 1 aliphatic rings. The van der Waals surface area contributed by atoms with Gasteiger partial charge in [0.15, 0.2) is 0 Å². The maximum atomic E-state index is 12.6. The second kappa shape index (κ2) is 7.30. The van der Waals surface area contributed by atoms with Crippen LogP contribution in [0.5, 0.6) is 0 Å². The third-order valence-corrected chi connectivity index (χ3v) is 4.36. The lowest BCUT2D eigenvalue weighted by atomic mass is 10.1. The molecule has 0 aliphatic carbocycles. The Kier molecular flexibility index (Phi) is 5.41. The Hall–Kier alpha value is -2.32. The Morgan fingerprint density at radius 2 is 2.22 bits per heavy atom. The van der Waals surface area contributed by atoms with Crippen LogP contribution in [0, 0.1) is 11.3 Å². The molecule has 120 valence electrons. The highest BCUT2D eigenvalue weighted by atomic mass is 35.5. The fourth-order valence-electron chi connectivity index (χ4n) is 2.72. The fraction of sp³-hybridized carbons (Fsp3) is 0.353. The van der Waals surface area contributed by atoms with Crippen LogP contribution in [0.1, 0.15) is 29.3 Å². The second-order valence-corrected chi connectivity index (χ2v) is 5.76. The molecule has 5 nitrogen and oxygen atoms in total. The van der Waals surface area contributed by atoms with Crippen molar-refractivity contribution >= 4 is 23.4 Å². The zero-order chi connectivity index (χ0) is 17.0. The van der Waals surface area contributed by atoms with Crippen LogP contribution in [0.2, 0.25) is 5.02 Å². The molecule has 0 unspecified atom stereocenters. The normalized spacial score (nSPS) is 17.5. The number of hydrogen-bond acceptors (Lipinski definition) is 3. The van der Waals surface area contributed by atoms with Crippen LogP contribution >= 0.6 is 11.6 Å². The molecule has 0 N–H and O–H groups in total. The highest BCUT2D eigenvalue weighted by Gasteiger charge is 2.30. The van der Waals surface area contributed by atoms with Crippen LogP contribution in [-0.4, -0.2) is 47.3 Å². The highest BCUT2D eigenvalue weighted by molar-refractivity contribution is 6.31. The number of piperazine rings is 1. The van der Waals surface area contributed by atoms with Gasteiger partial charge in [0, 0.05) is 31.2 Å². The first-order valence-corrected chi connectivity index (χ1v) is 7.81. The van der Waals surface area contributed by atoms with E-state index < -0.39 is 0 Å². The first-order valence-electron chi connectivity index (χ1n) is 7.43. The van der Waals surface area contributed by atoms with E-state index in [1.54, 1.807) is 21.9 Å². The molecule has 0 bridgehead atoms. The molecular formula is C17H18ClN3O2. The van der Waals surface area contributed by atoms with Gasteiger partial charge in [-0.05, 0) is 30.7 Å². The lowest BCUT2D eigenvalue weighted by molar-refractivity contribution is -0.130. The molecule has 2 rings (SSSR count). The summed E-state index contributed by atoms with van der Waals surface area (Å²) >= 11 is 5.90. The topological polar surface area (TPSA) is 64.4 Å². The van der Waals surface area contributed by atoms with Gasteiger partial charge < -0.3 is 9.80 Å². The average molecular weight is 332 g/mol. The maximum absolute atomic E-state index is 12.6. The van der Waals surface area contributed by atoms with Crippen molar-refractivity contribution in [3.8, 4) is 6.07 Å². The molecular weight excluding hydrogens is 314 g/mol. The van der Waals surface area contributed by atoms with Gasteiger partial charge in [-0.3, -0.25) is 9.59 Å². The van der Waals surface area contributed by atoms with Crippen LogP contribution in [0.15, 0.2) is 30.9 Å². The number of nitrogens with zero attached hydrogens (tertiary/aromatic N) is 3. The molecule has 6 heteroatoms. The molecule has 1 heterocycles. The number of nitriles is 1. The van der Waals surface area contributed by atoms with Crippen molar-refractivity contribution in [2.45, 2.75) is 19.4 Å². The summed E-state index contributed by atoms with van der Waals surface area (Å²) in [6.07, 6.45) is 2.06. The Morgan fingerprint density at radius 3 is 2.83 bits per heavy atom. The summed E-state index contributed by atoms with van der Waals surface area (Å²) in [5.41, 5.74) is 0.717. The zero-order valence-corrected chi connectivity index (χ0v) is 13.7. The lowest BCUT2D eigenvalue weighted by Gasteiger charge is -2.40. The van der Waals surface area contributed by atoms with E-state index in [2.05, 4.69) is 6.58 Å². The van der Waals surface area contributed by atoms with Crippen molar-refractivity contribution in [1.82, 2.24) is 9.80 Å². The molecule has 0 radical (unpaired) electrons. The van der Waals surface area contributed by atoms with E-state index >= 15 is 0 Å². The minimum Gasteiger partial charge on any atom is -0.335 e. The summed E-state index contributed by atoms with van der Waals surface area (Å²) in [6, 6.07) is 6.63. The van der Waals surface area contributed by atoms with E-state index in [-0.39, 0.29) is 23.4 Å². The quantitative estimate of drug-likeness (QED) is 0.799. The molecule has 1 fully saturated rings. The van der Waals surface area contributed by atoms with Gasteiger partial charge in [0.25, 0.3) is 5.91 Å². The van der Waals surface area contributed by atoms with Gasteiger partial charge in [0.1, 0.15) is 6.07 Å². The molecule has 1 aliphatic heterocycles. The predicted molar refractivity (Wildman–Crippen MR) is 88.1 cm³/mol. The zero-order valence-electron chi connectivity index (χ0n) is 13.0. The lowest BCUT2D eigenvalue weighted by Crippen LogP contribution is -2.56. The largest absolute Gasteiger partial charge is 0.335 e. The standard InChI is InChI=1S/C17H18ClN3O2/c1-3-14-11-20(7-8-21(14)16(22)4-2)17(23)12-5-6-15(18)13(9-12)10-19/h4-6,9,14H,2-3,7-8,11H2,1H3/t14-/m1/s1. The number of carbonyl (C=O) groups excluding carboxylic acids is 2. The molecule has 2 amide bonds. The minimum absolute atomic E-state index is 0.0269. The first-order chi connectivity index (χ1) is 11.0. The van der Waals surface area contributed by atoms with Crippen molar-refractivity contribution in [2.24, 2.45) is 0 Å². The van der Waals surface area contributed by atoms with E-state index in [1.165, 1.54) is 12.1 Å². The highest BCUT2D eigenvalue weighted by Crippen LogP contribution is 2.20. The number of halogens is 1. The van der Waals surface area contributed by atoms with Gasteiger partial charge in [-0.1, -0.05) is 25.1 Å². The first kappa shape index (κ1) is 17.0. The van der Waals surface area contributed by atoms with Crippen molar-refractivity contribution < 1.29 is 9.59 Å². The predicted octanol–water partition coefficient (Wildman–Crippen LogP) is 2.46. The molecule has 0 aromatic heterocycles. The summed E-state index contributed by atoms with van der Waals surface area (Å²) in [7, 11) is 0. The number of hydrogen-bond donors (Lipinski definition) is 0. The van der Waals surface area contributed by atoms with Gasteiger partial charge in [0.05, 0.1) is 10.6 Å². The van der Waals surface area contributed by atoms with Gasteiger partial charge in [-0.25, -0.2) is 0 Å². The number of carbonyl (C=O) groups is 2. The summed E-state index contributed by atoms with van der Waals surface area (Å²) < 4.78 is 0. The number of rotatable bonds is 3. The maximum Gasteiger partial charge on any atom is 0.254 e. The Bertz CT molecular complexity index is 681. The summed E-state index contributed by atoms with van der Waals surface area (Å²) in [5, 5.41) is 9.36.